The largest absolute Gasteiger partial charge is 0.400 e. The van der Waals surface area contributed by atoms with Gasteiger partial charge in [0.1, 0.15) is 0 Å². The van der Waals surface area contributed by atoms with Crippen molar-refractivity contribution in [2.75, 3.05) is 33.4 Å². The molecule has 0 aromatic heterocycles. The first-order valence-corrected chi connectivity index (χ1v) is 5.07. The van der Waals surface area contributed by atoms with Crippen LogP contribution in [0.3, 0.4) is 0 Å². The van der Waals surface area contributed by atoms with Gasteiger partial charge in [0.15, 0.2) is 0 Å². The molecule has 0 aliphatic carbocycles. The van der Waals surface area contributed by atoms with Crippen molar-refractivity contribution in [2.24, 2.45) is 0 Å². The third-order valence-corrected chi connectivity index (χ3v) is 1.78. The first-order chi connectivity index (χ1) is 6.30. The Morgan fingerprint density at radius 1 is 1.08 bits per heavy atom. The Balaban J connectivity index is 0. The van der Waals surface area contributed by atoms with Crippen LogP contribution in [0.25, 0.3) is 0 Å². The molecule has 0 amide bonds. The SMILES string of the molecule is CC.CC(C)N1CCOCC1.CO. The van der Waals surface area contributed by atoms with E-state index in [9.17, 15) is 0 Å². The normalized spacial score (nSPS) is 16.8. The molecule has 0 aromatic rings. The van der Waals surface area contributed by atoms with E-state index in [-0.39, 0.29) is 0 Å². The van der Waals surface area contributed by atoms with Crippen LogP contribution in [0.4, 0.5) is 0 Å². The van der Waals surface area contributed by atoms with Gasteiger partial charge in [-0.05, 0) is 13.8 Å². The minimum atomic E-state index is 0.689. The van der Waals surface area contributed by atoms with Gasteiger partial charge in [0.05, 0.1) is 13.2 Å². The Labute approximate surface area is 82.7 Å². The zero-order valence-electron chi connectivity index (χ0n) is 9.71. The average Bonchev–Trinajstić information content (AvgIpc) is 2.25. The van der Waals surface area contributed by atoms with Crippen LogP contribution < -0.4 is 0 Å². The molecule has 82 valence electrons. The summed E-state index contributed by atoms with van der Waals surface area (Å²) in [4.78, 5) is 2.43. The summed E-state index contributed by atoms with van der Waals surface area (Å²) in [6.07, 6.45) is 0. The van der Waals surface area contributed by atoms with Crippen LogP contribution in [0.5, 0.6) is 0 Å². The summed E-state index contributed by atoms with van der Waals surface area (Å²) in [6.45, 7) is 12.5. The fourth-order valence-electron chi connectivity index (χ4n) is 1.09. The molecule has 0 unspecified atom stereocenters. The second kappa shape index (κ2) is 11.9. The fourth-order valence-corrected chi connectivity index (χ4v) is 1.09. The van der Waals surface area contributed by atoms with Gasteiger partial charge >= 0.3 is 0 Å². The van der Waals surface area contributed by atoms with Gasteiger partial charge in [0.25, 0.3) is 0 Å². The molecule has 3 heteroatoms. The topological polar surface area (TPSA) is 32.7 Å². The lowest BCUT2D eigenvalue weighted by Gasteiger charge is -2.29. The van der Waals surface area contributed by atoms with Gasteiger partial charge in [-0.2, -0.15) is 0 Å². The molecule has 0 aromatic carbocycles. The molecule has 0 bridgehead atoms. The van der Waals surface area contributed by atoms with E-state index >= 15 is 0 Å². The van der Waals surface area contributed by atoms with Crippen LogP contribution in [-0.4, -0.2) is 49.5 Å². The van der Waals surface area contributed by atoms with Gasteiger partial charge in [0.2, 0.25) is 0 Å². The number of aliphatic hydroxyl groups excluding tert-OH is 1. The number of morpholine rings is 1. The number of rotatable bonds is 1. The highest BCUT2D eigenvalue weighted by Crippen LogP contribution is 2.01. The van der Waals surface area contributed by atoms with Crippen molar-refractivity contribution in [3.8, 4) is 0 Å². The summed E-state index contributed by atoms with van der Waals surface area (Å²) in [6, 6.07) is 0.689. The molecule has 0 spiro atoms. The standard InChI is InChI=1S/C7H15NO.C2H6.CH4O/c1-7(2)8-3-5-9-6-4-8;2*1-2/h7H,3-6H2,1-2H3;1-2H3;2H,1H3. The Bertz CT molecular complexity index is 81.0. The predicted molar refractivity (Wildman–Crippen MR) is 57.0 cm³/mol. The van der Waals surface area contributed by atoms with E-state index in [1.54, 1.807) is 0 Å². The van der Waals surface area contributed by atoms with Crippen LogP contribution in [0.1, 0.15) is 27.7 Å². The first kappa shape index (κ1) is 15.4. The molecular weight excluding hydrogens is 166 g/mol. The van der Waals surface area contributed by atoms with Gasteiger partial charge in [-0.3, -0.25) is 4.90 Å². The molecule has 0 radical (unpaired) electrons. The highest BCUT2D eigenvalue weighted by atomic mass is 16.5. The molecule has 1 saturated heterocycles. The van der Waals surface area contributed by atoms with E-state index in [4.69, 9.17) is 9.84 Å². The molecular formula is C10H25NO2. The second-order valence-electron chi connectivity index (χ2n) is 2.74. The van der Waals surface area contributed by atoms with Crippen molar-refractivity contribution in [1.82, 2.24) is 4.90 Å². The van der Waals surface area contributed by atoms with E-state index in [1.165, 1.54) is 0 Å². The predicted octanol–water partition coefficient (Wildman–Crippen LogP) is 1.36. The van der Waals surface area contributed by atoms with Crippen LogP contribution in [0.2, 0.25) is 0 Å². The van der Waals surface area contributed by atoms with E-state index in [1.807, 2.05) is 13.8 Å². The Kier molecular flexibility index (Phi) is 14.0. The van der Waals surface area contributed by atoms with Crippen LogP contribution in [0, 0.1) is 0 Å². The van der Waals surface area contributed by atoms with Crippen molar-refractivity contribution in [3.63, 3.8) is 0 Å². The van der Waals surface area contributed by atoms with Crippen molar-refractivity contribution >= 4 is 0 Å². The summed E-state index contributed by atoms with van der Waals surface area (Å²) in [7, 11) is 1.00. The highest BCUT2D eigenvalue weighted by Gasteiger charge is 2.11. The molecule has 1 aliphatic rings. The number of hydrogen-bond donors (Lipinski definition) is 1. The van der Waals surface area contributed by atoms with E-state index in [2.05, 4.69) is 18.7 Å². The summed E-state index contributed by atoms with van der Waals surface area (Å²) in [5.74, 6) is 0. The maximum atomic E-state index is 7.00. The van der Waals surface area contributed by atoms with Crippen LogP contribution in [-0.2, 0) is 4.74 Å². The van der Waals surface area contributed by atoms with Crippen molar-refractivity contribution in [1.29, 1.82) is 0 Å². The van der Waals surface area contributed by atoms with Gasteiger partial charge in [-0.15, -0.1) is 0 Å². The van der Waals surface area contributed by atoms with Gasteiger partial charge in [-0.1, -0.05) is 13.8 Å². The Morgan fingerprint density at radius 3 is 1.69 bits per heavy atom. The van der Waals surface area contributed by atoms with E-state index in [0.29, 0.717) is 6.04 Å². The number of aliphatic hydroxyl groups is 1. The van der Waals surface area contributed by atoms with Gasteiger partial charge in [-0.25, -0.2) is 0 Å². The van der Waals surface area contributed by atoms with E-state index < -0.39 is 0 Å². The number of ether oxygens (including phenoxy) is 1. The quantitative estimate of drug-likeness (QED) is 0.679. The molecule has 1 N–H and O–H groups in total. The Hall–Kier alpha value is -0.120. The maximum absolute atomic E-state index is 7.00. The summed E-state index contributed by atoms with van der Waals surface area (Å²) < 4.78 is 5.21. The highest BCUT2D eigenvalue weighted by molar-refractivity contribution is 4.64. The van der Waals surface area contributed by atoms with Crippen LogP contribution >= 0.6 is 0 Å². The molecule has 0 saturated carbocycles. The fraction of sp³-hybridized carbons (Fsp3) is 1.00. The van der Waals surface area contributed by atoms with Gasteiger partial charge in [0, 0.05) is 26.2 Å². The maximum Gasteiger partial charge on any atom is 0.0594 e. The van der Waals surface area contributed by atoms with E-state index in [0.717, 1.165) is 33.4 Å². The lowest BCUT2D eigenvalue weighted by atomic mass is 10.3. The zero-order valence-corrected chi connectivity index (χ0v) is 9.71. The third-order valence-electron chi connectivity index (χ3n) is 1.78. The molecule has 1 rings (SSSR count). The molecule has 1 fully saturated rings. The first-order valence-electron chi connectivity index (χ1n) is 5.07. The Morgan fingerprint density at radius 2 is 1.46 bits per heavy atom. The minimum absolute atomic E-state index is 0.689. The monoisotopic (exact) mass is 191 g/mol. The van der Waals surface area contributed by atoms with Crippen molar-refractivity contribution < 1.29 is 9.84 Å². The summed E-state index contributed by atoms with van der Waals surface area (Å²) in [5, 5.41) is 7.00. The lowest BCUT2D eigenvalue weighted by Crippen LogP contribution is -2.40. The smallest absolute Gasteiger partial charge is 0.0594 e. The van der Waals surface area contributed by atoms with Crippen molar-refractivity contribution in [2.45, 2.75) is 33.7 Å². The molecule has 13 heavy (non-hydrogen) atoms. The van der Waals surface area contributed by atoms with Crippen molar-refractivity contribution in [3.05, 3.63) is 0 Å². The molecule has 0 atom stereocenters. The minimum Gasteiger partial charge on any atom is -0.400 e. The van der Waals surface area contributed by atoms with Crippen LogP contribution in [0.15, 0.2) is 0 Å². The van der Waals surface area contributed by atoms with Gasteiger partial charge < -0.3 is 9.84 Å². The average molecular weight is 191 g/mol. The molecule has 3 nitrogen and oxygen atoms in total. The second-order valence-corrected chi connectivity index (χ2v) is 2.74. The number of hydrogen-bond acceptors (Lipinski definition) is 3. The molecule has 1 aliphatic heterocycles. The lowest BCUT2D eigenvalue weighted by molar-refractivity contribution is 0.0238. The third kappa shape index (κ3) is 8.22. The molecule has 1 heterocycles. The zero-order chi connectivity index (χ0) is 10.7. The summed E-state index contributed by atoms with van der Waals surface area (Å²) in [5.41, 5.74) is 0. The summed E-state index contributed by atoms with van der Waals surface area (Å²) >= 11 is 0. The number of nitrogens with zero attached hydrogens (tertiary/aromatic N) is 1.